The molecule has 23 heavy (non-hydrogen) atoms. The molecular weight excluding hydrogens is 308 g/mol. The molecule has 4 heteroatoms. The second-order valence-corrected chi connectivity index (χ2v) is 10.4. The van der Waals surface area contributed by atoms with Crippen molar-refractivity contribution in [2.45, 2.75) is 66.2 Å². The highest BCUT2D eigenvalue weighted by Crippen LogP contribution is 2.69. The van der Waals surface area contributed by atoms with Crippen molar-refractivity contribution in [1.82, 2.24) is 4.90 Å². The summed E-state index contributed by atoms with van der Waals surface area (Å²) in [5.74, 6) is 1.17. The SMILES string of the molecule is CN(CC(C)(C)CN)C(=O)C12CC3CC(C)(CC(C)(C3)C1)C2.Cl. The van der Waals surface area contributed by atoms with Crippen LogP contribution in [-0.4, -0.2) is 30.9 Å². The van der Waals surface area contributed by atoms with Crippen LogP contribution in [0.5, 0.6) is 0 Å². The lowest BCUT2D eigenvalue weighted by Gasteiger charge is -2.65. The van der Waals surface area contributed by atoms with Gasteiger partial charge in [0.25, 0.3) is 0 Å². The van der Waals surface area contributed by atoms with Crippen LogP contribution in [0.1, 0.15) is 66.2 Å². The van der Waals surface area contributed by atoms with E-state index in [1.165, 1.54) is 19.3 Å². The second kappa shape index (κ2) is 5.62. The van der Waals surface area contributed by atoms with Gasteiger partial charge in [-0.1, -0.05) is 27.7 Å². The summed E-state index contributed by atoms with van der Waals surface area (Å²) in [7, 11) is 1.99. The summed E-state index contributed by atoms with van der Waals surface area (Å²) >= 11 is 0. The number of rotatable bonds is 4. The Morgan fingerprint density at radius 2 is 1.65 bits per heavy atom. The maximum Gasteiger partial charge on any atom is 0.228 e. The fourth-order valence-electron chi connectivity index (χ4n) is 6.87. The lowest BCUT2D eigenvalue weighted by atomic mass is 9.40. The number of nitrogens with two attached hydrogens (primary N) is 1. The Morgan fingerprint density at radius 3 is 2.09 bits per heavy atom. The molecule has 2 N–H and O–H groups in total. The molecule has 2 atom stereocenters. The molecule has 1 amide bonds. The Morgan fingerprint density at radius 1 is 1.13 bits per heavy atom. The van der Waals surface area contributed by atoms with E-state index in [4.69, 9.17) is 5.73 Å². The molecule has 0 aromatic heterocycles. The largest absolute Gasteiger partial charge is 0.345 e. The number of nitrogens with zero attached hydrogens (tertiary/aromatic N) is 1. The van der Waals surface area contributed by atoms with E-state index >= 15 is 0 Å². The van der Waals surface area contributed by atoms with E-state index in [1.807, 2.05) is 11.9 Å². The standard InChI is InChI=1S/C19H34N2O.ClH/c1-16(2,12-20)13-21(5)15(22)19-8-14-6-17(3,10-19)9-18(4,7-14)11-19;/h14H,6-13,20H2,1-5H3;1H. The summed E-state index contributed by atoms with van der Waals surface area (Å²) in [5.41, 5.74) is 6.58. The maximum absolute atomic E-state index is 13.4. The minimum absolute atomic E-state index is 0. The summed E-state index contributed by atoms with van der Waals surface area (Å²) in [6, 6.07) is 0. The zero-order chi connectivity index (χ0) is 16.4. The molecule has 4 saturated carbocycles. The summed E-state index contributed by atoms with van der Waals surface area (Å²) in [5, 5.41) is 0. The first kappa shape index (κ1) is 19.1. The van der Waals surface area contributed by atoms with Crippen LogP contribution in [0.2, 0.25) is 0 Å². The molecule has 0 aromatic rings. The van der Waals surface area contributed by atoms with E-state index in [1.54, 1.807) is 0 Å². The zero-order valence-corrected chi connectivity index (χ0v) is 16.4. The van der Waals surface area contributed by atoms with Crippen LogP contribution >= 0.6 is 12.4 Å². The van der Waals surface area contributed by atoms with Gasteiger partial charge in [0.2, 0.25) is 5.91 Å². The van der Waals surface area contributed by atoms with Crippen molar-refractivity contribution in [2.75, 3.05) is 20.1 Å². The lowest BCUT2D eigenvalue weighted by molar-refractivity contribution is -0.179. The van der Waals surface area contributed by atoms with E-state index in [9.17, 15) is 4.79 Å². The predicted molar refractivity (Wildman–Crippen MR) is 97.6 cm³/mol. The zero-order valence-electron chi connectivity index (χ0n) is 15.6. The minimum atomic E-state index is -0.0810. The number of halogens is 1. The van der Waals surface area contributed by atoms with Crippen LogP contribution in [0.25, 0.3) is 0 Å². The smallest absolute Gasteiger partial charge is 0.228 e. The van der Waals surface area contributed by atoms with Crippen molar-refractivity contribution in [3.8, 4) is 0 Å². The third-order valence-electron chi connectivity index (χ3n) is 6.64. The molecule has 3 nitrogen and oxygen atoms in total. The highest BCUT2D eigenvalue weighted by atomic mass is 35.5. The molecule has 0 radical (unpaired) electrons. The van der Waals surface area contributed by atoms with Crippen molar-refractivity contribution in [1.29, 1.82) is 0 Å². The first-order valence-electron chi connectivity index (χ1n) is 8.96. The quantitative estimate of drug-likeness (QED) is 0.843. The number of hydrogen-bond donors (Lipinski definition) is 1. The molecular formula is C19H35ClN2O. The highest BCUT2D eigenvalue weighted by molar-refractivity contribution is 5.85. The van der Waals surface area contributed by atoms with Gasteiger partial charge in [-0.15, -0.1) is 12.4 Å². The van der Waals surface area contributed by atoms with Gasteiger partial charge in [0.15, 0.2) is 0 Å². The molecule has 4 fully saturated rings. The third-order valence-corrected chi connectivity index (χ3v) is 6.64. The normalized spacial score (nSPS) is 41.6. The van der Waals surface area contributed by atoms with Crippen LogP contribution in [0.15, 0.2) is 0 Å². The van der Waals surface area contributed by atoms with Gasteiger partial charge in [0.1, 0.15) is 0 Å². The first-order chi connectivity index (χ1) is 10.0. The molecule has 0 saturated heterocycles. The van der Waals surface area contributed by atoms with Crippen LogP contribution in [0.3, 0.4) is 0 Å². The molecule has 0 spiro atoms. The topological polar surface area (TPSA) is 46.3 Å². The Kier molecular flexibility index (Phi) is 4.66. The summed E-state index contributed by atoms with van der Waals surface area (Å²) in [4.78, 5) is 15.4. The van der Waals surface area contributed by atoms with Gasteiger partial charge in [-0.2, -0.15) is 0 Å². The average molecular weight is 343 g/mol. The van der Waals surface area contributed by atoms with E-state index in [0.29, 0.717) is 23.3 Å². The molecule has 134 valence electrons. The highest BCUT2D eigenvalue weighted by Gasteiger charge is 2.63. The minimum Gasteiger partial charge on any atom is -0.345 e. The van der Waals surface area contributed by atoms with Gasteiger partial charge in [0.05, 0.1) is 5.41 Å². The van der Waals surface area contributed by atoms with Gasteiger partial charge in [-0.05, 0) is 67.2 Å². The molecule has 0 aromatic carbocycles. The van der Waals surface area contributed by atoms with Crippen LogP contribution in [0, 0.1) is 27.6 Å². The number of carbonyl (C=O) groups excluding carboxylic acids is 1. The van der Waals surface area contributed by atoms with Gasteiger partial charge in [0, 0.05) is 13.6 Å². The maximum atomic E-state index is 13.4. The van der Waals surface area contributed by atoms with E-state index in [-0.39, 0.29) is 23.2 Å². The van der Waals surface area contributed by atoms with E-state index in [0.717, 1.165) is 31.7 Å². The molecule has 0 heterocycles. The fourth-order valence-corrected chi connectivity index (χ4v) is 6.87. The van der Waals surface area contributed by atoms with E-state index < -0.39 is 0 Å². The Bertz CT molecular complexity index is 472. The number of amides is 1. The second-order valence-electron chi connectivity index (χ2n) is 10.4. The lowest BCUT2D eigenvalue weighted by Crippen LogP contribution is -2.60. The molecule has 4 rings (SSSR count). The first-order valence-corrected chi connectivity index (χ1v) is 8.96. The van der Waals surface area contributed by atoms with Crippen molar-refractivity contribution in [3.05, 3.63) is 0 Å². The van der Waals surface area contributed by atoms with Crippen LogP contribution in [-0.2, 0) is 4.79 Å². The number of carbonyl (C=O) groups is 1. The molecule has 4 aliphatic carbocycles. The number of hydrogen-bond acceptors (Lipinski definition) is 2. The summed E-state index contributed by atoms with van der Waals surface area (Å²) in [6.45, 7) is 10.6. The monoisotopic (exact) mass is 342 g/mol. The molecule has 0 aliphatic heterocycles. The summed E-state index contributed by atoms with van der Waals surface area (Å²) < 4.78 is 0. The van der Waals surface area contributed by atoms with E-state index in [2.05, 4.69) is 27.7 Å². The average Bonchev–Trinajstić information content (AvgIpc) is 2.32. The molecule has 4 aliphatic rings. The molecule has 4 bridgehead atoms. The molecule has 2 unspecified atom stereocenters. The van der Waals surface area contributed by atoms with Gasteiger partial charge in [-0.25, -0.2) is 0 Å². The Labute approximate surface area is 148 Å². The fraction of sp³-hybridized carbons (Fsp3) is 0.947. The van der Waals surface area contributed by atoms with Gasteiger partial charge in [-0.3, -0.25) is 4.79 Å². The van der Waals surface area contributed by atoms with Crippen molar-refractivity contribution in [2.24, 2.45) is 33.3 Å². The van der Waals surface area contributed by atoms with Gasteiger partial charge < -0.3 is 10.6 Å². The van der Waals surface area contributed by atoms with Gasteiger partial charge >= 0.3 is 0 Å². The van der Waals surface area contributed by atoms with Crippen LogP contribution < -0.4 is 5.73 Å². The van der Waals surface area contributed by atoms with Crippen molar-refractivity contribution >= 4 is 18.3 Å². The van der Waals surface area contributed by atoms with Crippen molar-refractivity contribution < 1.29 is 4.79 Å². The predicted octanol–water partition coefficient (Wildman–Crippen LogP) is 3.85. The van der Waals surface area contributed by atoms with Crippen LogP contribution in [0.4, 0.5) is 0 Å². The Balaban J connectivity index is 0.00000192. The Hall–Kier alpha value is -0.280. The third kappa shape index (κ3) is 3.28. The van der Waals surface area contributed by atoms with Crippen molar-refractivity contribution in [3.63, 3.8) is 0 Å². The summed E-state index contributed by atoms with van der Waals surface area (Å²) in [6.07, 6.45) is 7.36.